The average molecular weight is 309 g/mol. The van der Waals surface area contributed by atoms with Gasteiger partial charge >= 0.3 is 6.18 Å². The largest absolute Gasteiger partial charge is 0.417 e. The molecule has 20 heavy (non-hydrogen) atoms. The zero-order chi connectivity index (χ0) is 15.1. The smallest absolute Gasteiger partial charge is 0.295 e. The second-order valence-electron chi connectivity index (χ2n) is 4.32. The van der Waals surface area contributed by atoms with Gasteiger partial charge in [-0.05, 0) is 12.1 Å². The van der Waals surface area contributed by atoms with Crippen molar-refractivity contribution >= 4 is 21.7 Å². The molecule has 2 rings (SSSR count). The van der Waals surface area contributed by atoms with E-state index >= 15 is 0 Å². The summed E-state index contributed by atoms with van der Waals surface area (Å²) in [6.45, 7) is -0.212. The van der Waals surface area contributed by atoms with Crippen molar-refractivity contribution in [2.24, 2.45) is 5.14 Å². The summed E-state index contributed by atoms with van der Waals surface area (Å²) >= 11 is 0. The molecule has 1 aliphatic heterocycles. The number of anilines is 1. The first kappa shape index (κ1) is 14.7. The molecule has 0 spiro atoms. The van der Waals surface area contributed by atoms with E-state index in [0.29, 0.717) is 6.20 Å². The fraction of sp³-hybridized carbons (Fsp3) is 0.400. The van der Waals surface area contributed by atoms with Crippen molar-refractivity contribution in [3.8, 4) is 0 Å². The lowest BCUT2D eigenvalue weighted by atomic mass is 10.3. The van der Waals surface area contributed by atoms with E-state index in [9.17, 15) is 26.4 Å². The number of alkyl halides is 3. The van der Waals surface area contributed by atoms with E-state index in [2.05, 4.69) is 4.98 Å². The number of hydrogen-bond donors (Lipinski definition) is 1. The Morgan fingerprint density at radius 1 is 1.35 bits per heavy atom. The van der Waals surface area contributed by atoms with Gasteiger partial charge in [0.1, 0.15) is 11.1 Å². The predicted octanol–water partition coefficient (Wildman–Crippen LogP) is 0.494. The molecule has 1 amide bonds. The summed E-state index contributed by atoms with van der Waals surface area (Å²) in [4.78, 5) is 16.2. The third-order valence-electron chi connectivity index (χ3n) is 2.91. The number of primary sulfonamides is 1. The number of nitrogens with zero attached hydrogens (tertiary/aromatic N) is 2. The maximum absolute atomic E-state index is 12.4. The van der Waals surface area contributed by atoms with Crippen molar-refractivity contribution in [3.05, 3.63) is 23.9 Å². The molecule has 2 N–H and O–H groups in total. The molecule has 0 aliphatic carbocycles. The van der Waals surface area contributed by atoms with Crippen LogP contribution in [-0.2, 0) is 21.0 Å². The van der Waals surface area contributed by atoms with E-state index in [4.69, 9.17) is 5.14 Å². The summed E-state index contributed by atoms with van der Waals surface area (Å²) in [5, 5.41) is 3.88. The minimum absolute atomic E-state index is 0.0332. The second-order valence-corrected chi connectivity index (χ2v) is 6.17. The van der Waals surface area contributed by atoms with E-state index in [1.54, 1.807) is 0 Å². The maximum Gasteiger partial charge on any atom is 0.417 e. The summed E-state index contributed by atoms with van der Waals surface area (Å²) in [6, 6.07) is 1.80. The molecule has 0 aromatic carbocycles. The summed E-state index contributed by atoms with van der Waals surface area (Å²) in [7, 11) is -3.88. The van der Waals surface area contributed by atoms with Crippen molar-refractivity contribution in [2.75, 3.05) is 11.4 Å². The Morgan fingerprint density at radius 3 is 2.40 bits per heavy atom. The minimum Gasteiger partial charge on any atom is -0.295 e. The maximum atomic E-state index is 12.4. The molecule has 1 fully saturated rings. The number of nitrogens with two attached hydrogens (primary N) is 1. The molecule has 1 aliphatic rings. The lowest BCUT2D eigenvalue weighted by Crippen LogP contribution is -2.32. The van der Waals surface area contributed by atoms with Gasteiger partial charge in [0.25, 0.3) is 0 Å². The minimum atomic E-state index is -4.52. The molecular formula is C10H10F3N3O3S. The molecule has 0 bridgehead atoms. The molecule has 2 heterocycles. The number of hydrogen-bond acceptors (Lipinski definition) is 4. The van der Waals surface area contributed by atoms with E-state index in [1.165, 1.54) is 0 Å². The lowest BCUT2D eigenvalue weighted by Gasteiger charge is -2.15. The van der Waals surface area contributed by atoms with Crippen LogP contribution in [0.5, 0.6) is 0 Å². The Hall–Kier alpha value is -1.68. The molecule has 1 aromatic heterocycles. The van der Waals surface area contributed by atoms with Crippen LogP contribution in [-0.4, -0.2) is 31.1 Å². The van der Waals surface area contributed by atoms with Crippen molar-refractivity contribution in [3.63, 3.8) is 0 Å². The van der Waals surface area contributed by atoms with Gasteiger partial charge < -0.3 is 0 Å². The van der Waals surface area contributed by atoms with E-state index in [-0.39, 0.29) is 18.8 Å². The molecule has 10 heteroatoms. The first-order chi connectivity index (χ1) is 9.09. The zero-order valence-electron chi connectivity index (χ0n) is 9.96. The summed E-state index contributed by atoms with van der Waals surface area (Å²) in [5.74, 6) is -0.578. The number of sulfonamides is 1. The van der Waals surface area contributed by atoms with Gasteiger partial charge in [0.2, 0.25) is 15.9 Å². The number of aromatic nitrogens is 1. The summed E-state index contributed by atoms with van der Waals surface area (Å²) < 4.78 is 59.5. The first-order valence-electron chi connectivity index (χ1n) is 5.44. The highest BCUT2D eigenvalue weighted by Crippen LogP contribution is 2.30. The summed E-state index contributed by atoms with van der Waals surface area (Å²) in [5.41, 5.74) is -0.948. The van der Waals surface area contributed by atoms with Gasteiger partial charge in [0.05, 0.1) is 5.56 Å². The van der Waals surface area contributed by atoms with Crippen LogP contribution in [0.25, 0.3) is 0 Å². The molecular weight excluding hydrogens is 299 g/mol. The first-order valence-corrected chi connectivity index (χ1v) is 7.05. The Morgan fingerprint density at radius 2 is 2.00 bits per heavy atom. The van der Waals surface area contributed by atoms with Crippen LogP contribution in [0.4, 0.5) is 19.0 Å². The highest BCUT2D eigenvalue weighted by Gasteiger charge is 2.38. The van der Waals surface area contributed by atoms with Crippen LogP contribution >= 0.6 is 0 Å². The van der Waals surface area contributed by atoms with Crippen molar-refractivity contribution in [2.45, 2.75) is 17.8 Å². The number of halogens is 3. The average Bonchev–Trinajstić information content (AvgIpc) is 2.70. The van der Waals surface area contributed by atoms with E-state index in [0.717, 1.165) is 17.0 Å². The molecule has 0 radical (unpaired) electrons. The van der Waals surface area contributed by atoms with Crippen LogP contribution in [0.3, 0.4) is 0 Å². The molecule has 110 valence electrons. The van der Waals surface area contributed by atoms with E-state index < -0.39 is 32.9 Å². The third-order valence-corrected chi connectivity index (χ3v) is 4.15. The quantitative estimate of drug-likeness (QED) is 0.860. The lowest BCUT2D eigenvalue weighted by molar-refractivity contribution is -0.137. The molecule has 1 aromatic rings. The van der Waals surface area contributed by atoms with Crippen LogP contribution in [0, 0.1) is 0 Å². The number of pyridine rings is 1. The fourth-order valence-electron chi connectivity index (χ4n) is 1.83. The fourth-order valence-corrected chi connectivity index (χ4v) is 2.56. The van der Waals surface area contributed by atoms with Gasteiger partial charge in [-0.15, -0.1) is 0 Å². The Kier molecular flexibility index (Phi) is 3.46. The molecule has 6 nitrogen and oxygen atoms in total. The van der Waals surface area contributed by atoms with Gasteiger partial charge in [-0.3, -0.25) is 9.69 Å². The SMILES string of the molecule is NS(=O)(=O)C1CC(=O)N(c2ccc(C(F)(F)F)cn2)C1. The molecule has 0 saturated carbocycles. The van der Waals surface area contributed by atoms with Crippen molar-refractivity contribution in [1.82, 2.24) is 4.98 Å². The zero-order valence-corrected chi connectivity index (χ0v) is 10.8. The van der Waals surface area contributed by atoms with Crippen LogP contribution in [0.15, 0.2) is 18.3 Å². The third kappa shape index (κ3) is 2.90. The molecule has 1 unspecified atom stereocenters. The van der Waals surface area contributed by atoms with Crippen molar-refractivity contribution in [1.29, 1.82) is 0 Å². The number of rotatable bonds is 2. The van der Waals surface area contributed by atoms with Crippen LogP contribution in [0.2, 0.25) is 0 Å². The highest BCUT2D eigenvalue weighted by atomic mass is 32.2. The van der Waals surface area contributed by atoms with Gasteiger partial charge in [-0.2, -0.15) is 13.2 Å². The van der Waals surface area contributed by atoms with Crippen LogP contribution in [0.1, 0.15) is 12.0 Å². The Labute approximate surface area is 112 Å². The Bertz CT molecular complexity index is 627. The second kappa shape index (κ2) is 4.70. The van der Waals surface area contributed by atoms with E-state index in [1.807, 2.05) is 0 Å². The van der Waals surface area contributed by atoms with Gasteiger partial charge in [0, 0.05) is 19.2 Å². The number of carbonyl (C=O) groups is 1. The van der Waals surface area contributed by atoms with Gasteiger partial charge in [-0.25, -0.2) is 18.5 Å². The topological polar surface area (TPSA) is 93.4 Å². The van der Waals surface area contributed by atoms with Gasteiger partial charge in [0.15, 0.2) is 0 Å². The summed E-state index contributed by atoms with van der Waals surface area (Å²) in [6.07, 6.45) is -4.24. The Balaban J connectivity index is 2.23. The monoisotopic (exact) mass is 309 g/mol. The predicted molar refractivity (Wildman–Crippen MR) is 63.1 cm³/mol. The molecule has 1 atom stereocenters. The van der Waals surface area contributed by atoms with Crippen LogP contribution < -0.4 is 10.0 Å². The van der Waals surface area contributed by atoms with Crippen molar-refractivity contribution < 1.29 is 26.4 Å². The van der Waals surface area contributed by atoms with Gasteiger partial charge in [-0.1, -0.05) is 0 Å². The normalized spacial score (nSPS) is 20.5. The molecule has 1 saturated heterocycles. The number of carbonyl (C=O) groups excluding carboxylic acids is 1. The number of amides is 1. The standard InChI is InChI=1S/C10H10F3N3O3S/c11-10(12,13)6-1-2-8(15-4-6)16-5-7(3-9(16)17)20(14,18)19/h1-2,4,7H,3,5H2,(H2,14,18,19). The highest BCUT2D eigenvalue weighted by molar-refractivity contribution is 7.89.